The molecule has 3 rings (SSSR count). The van der Waals surface area contributed by atoms with E-state index in [1.165, 1.54) is 12.8 Å². The van der Waals surface area contributed by atoms with E-state index in [4.69, 9.17) is 16.3 Å². The predicted octanol–water partition coefficient (Wildman–Crippen LogP) is 3.87. The molecular weight excluding hydrogens is 284 g/mol. The third-order valence-corrected chi connectivity index (χ3v) is 3.77. The quantitative estimate of drug-likeness (QED) is 0.879. The smallest absolute Gasteiger partial charge is 0.142 e. The molecule has 1 aliphatic rings. The van der Waals surface area contributed by atoms with Gasteiger partial charge in [0.15, 0.2) is 0 Å². The number of rotatable bonds is 6. The number of aryl methyl sites for hydroxylation is 1. The van der Waals surface area contributed by atoms with Crippen molar-refractivity contribution in [3.05, 3.63) is 58.4 Å². The number of pyridine rings is 1. The van der Waals surface area contributed by atoms with Gasteiger partial charge in [0.25, 0.3) is 0 Å². The van der Waals surface area contributed by atoms with Crippen LogP contribution >= 0.6 is 11.6 Å². The van der Waals surface area contributed by atoms with Gasteiger partial charge in [0.05, 0.1) is 5.69 Å². The third-order valence-electron chi connectivity index (χ3n) is 3.51. The standard InChI is InChI=1S/C17H19ClN2O/c1-12-2-9-17(16(20-12)10-19-15-7-8-15)21-11-13-3-5-14(18)6-4-13/h2-6,9,15,19H,7-8,10-11H2,1H3. The van der Waals surface area contributed by atoms with Gasteiger partial charge < -0.3 is 10.1 Å². The molecule has 1 aromatic heterocycles. The highest BCUT2D eigenvalue weighted by Gasteiger charge is 2.21. The van der Waals surface area contributed by atoms with Crippen molar-refractivity contribution in [2.24, 2.45) is 0 Å². The Labute approximate surface area is 130 Å². The molecule has 0 atom stereocenters. The molecule has 3 nitrogen and oxygen atoms in total. The first-order chi connectivity index (χ1) is 10.2. The van der Waals surface area contributed by atoms with E-state index in [0.717, 1.165) is 34.3 Å². The molecule has 1 aromatic carbocycles. The van der Waals surface area contributed by atoms with Crippen molar-refractivity contribution in [1.82, 2.24) is 10.3 Å². The fourth-order valence-electron chi connectivity index (χ4n) is 2.13. The summed E-state index contributed by atoms with van der Waals surface area (Å²) in [5.74, 6) is 0.851. The lowest BCUT2D eigenvalue weighted by Gasteiger charge is -2.12. The van der Waals surface area contributed by atoms with Gasteiger partial charge in [-0.1, -0.05) is 23.7 Å². The van der Waals surface area contributed by atoms with E-state index in [0.29, 0.717) is 12.6 Å². The van der Waals surface area contributed by atoms with Crippen LogP contribution < -0.4 is 10.1 Å². The van der Waals surface area contributed by atoms with Crippen molar-refractivity contribution in [1.29, 1.82) is 0 Å². The maximum Gasteiger partial charge on any atom is 0.142 e. The van der Waals surface area contributed by atoms with Crippen molar-refractivity contribution in [3.63, 3.8) is 0 Å². The van der Waals surface area contributed by atoms with Crippen LogP contribution in [-0.4, -0.2) is 11.0 Å². The van der Waals surface area contributed by atoms with Crippen LogP contribution in [0.1, 0.15) is 29.8 Å². The maximum atomic E-state index is 5.93. The number of ether oxygens (including phenoxy) is 1. The summed E-state index contributed by atoms with van der Waals surface area (Å²) >= 11 is 5.89. The van der Waals surface area contributed by atoms with Crippen LogP contribution in [0.5, 0.6) is 5.75 Å². The lowest BCUT2D eigenvalue weighted by Crippen LogP contribution is -2.17. The van der Waals surface area contributed by atoms with Crippen molar-refractivity contribution >= 4 is 11.6 Å². The molecule has 1 N–H and O–H groups in total. The second-order valence-corrected chi connectivity index (χ2v) is 5.90. The lowest BCUT2D eigenvalue weighted by atomic mass is 10.2. The summed E-state index contributed by atoms with van der Waals surface area (Å²) in [6.07, 6.45) is 2.54. The average Bonchev–Trinajstić information content (AvgIpc) is 3.30. The average molecular weight is 303 g/mol. The molecule has 0 bridgehead atoms. The van der Waals surface area contributed by atoms with Crippen LogP contribution in [-0.2, 0) is 13.2 Å². The minimum atomic E-state index is 0.526. The van der Waals surface area contributed by atoms with Crippen LogP contribution in [0, 0.1) is 6.92 Å². The highest BCUT2D eigenvalue weighted by Crippen LogP contribution is 2.23. The summed E-state index contributed by atoms with van der Waals surface area (Å²) in [5, 5.41) is 4.23. The van der Waals surface area contributed by atoms with Gasteiger partial charge in [-0.25, -0.2) is 0 Å². The van der Waals surface area contributed by atoms with Crippen molar-refractivity contribution in [2.75, 3.05) is 0 Å². The molecule has 21 heavy (non-hydrogen) atoms. The Bertz CT molecular complexity index is 609. The second-order valence-electron chi connectivity index (χ2n) is 5.47. The number of aromatic nitrogens is 1. The molecule has 1 aliphatic carbocycles. The SMILES string of the molecule is Cc1ccc(OCc2ccc(Cl)cc2)c(CNC2CC2)n1. The Morgan fingerprint density at radius 1 is 1.19 bits per heavy atom. The van der Waals surface area contributed by atoms with Gasteiger partial charge in [0, 0.05) is 23.3 Å². The monoisotopic (exact) mass is 302 g/mol. The molecule has 4 heteroatoms. The minimum Gasteiger partial charge on any atom is -0.487 e. The molecule has 0 amide bonds. The zero-order chi connectivity index (χ0) is 14.7. The highest BCUT2D eigenvalue weighted by atomic mass is 35.5. The molecule has 0 aliphatic heterocycles. The van der Waals surface area contributed by atoms with Crippen LogP contribution in [0.2, 0.25) is 5.02 Å². The molecule has 1 saturated carbocycles. The summed E-state index contributed by atoms with van der Waals surface area (Å²) in [5.41, 5.74) is 3.10. The molecule has 0 unspecified atom stereocenters. The fourth-order valence-corrected chi connectivity index (χ4v) is 2.25. The van der Waals surface area contributed by atoms with Gasteiger partial charge in [0.1, 0.15) is 12.4 Å². The summed E-state index contributed by atoms with van der Waals surface area (Å²) < 4.78 is 5.93. The number of hydrogen-bond acceptors (Lipinski definition) is 3. The van der Waals surface area contributed by atoms with E-state index in [9.17, 15) is 0 Å². The molecule has 1 heterocycles. The Morgan fingerprint density at radius 3 is 2.67 bits per heavy atom. The summed E-state index contributed by atoms with van der Waals surface area (Å²) in [4.78, 5) is 4.59. The first-order valence-electron chi connectivity index (χ1n) is 7.28. The number of nitrogens with one attached hydrogen (secondary N) is 1. The van der Waals surface area contributed by atoms with Crippen LogP contribution in [0.15, 0.2) is 36.4 Å². The molecule has 2 aromatic rings. The second kappa shape index (κ2) is 6.46. The van der Waals surface area contributed by atoms with Crippen LogP contribution in [0.3, 0.4) is 0 Å². The maximum absolute atomic E-state index is 5.93. The van der Waals surface area contributed by atoms with Crippen molar-refractivity contribution in [2.45, 2.75) is 39.0 Å². The third kappa shape index (κ3) is 4.19. The Kier molecular flexibility index (Phi) is 4.42. The summed E-state index contributed by atoms with van der Waals surface area (Å²) in [7, 11) is 0. The first-order valence-corrected chi connectivity index (χ1v) is 7.65. The normalized spacial score (nSPS) is 14.2. The first kappa shape index (κ1) is 14.4. The van der Waals surface area contributed by atoms with Crippen LogP contribution in [0.4, 0.5) is 0 Å². The van der Waals surface area contributed by atoms with Gasteiger partial charge in [-0.05, 0) is 49.6 Å². The molecule has 0 saturated heterocycles. The van der Waals surface area contributed by atoms with E-state index in [2.05, 4.69) is 10.3 Å². The zero-order valence-corrected chi connectivity index (χ0v) is 12.9. The molecular formula is C17H19ClN2O. The number of benzene rings is 1. The summed E-state index contributed by atoms with van der Waals surface area (Å²) in [6, 6.07) is 12.4. The highest BCUT2D eigenvalue weighted by molar-refractivity contribution is 6.30. The van der Waals surface area contributed by atoms with Gasteiger partial charge in [-0.15, -0.1) is 0 Å². The minimum absolute atomic E-state index is 0.526. The van der Waals surface area contributed by atoms with E-state index >= 15 is 0 Å². The molecule has 0 spiro atoms. The van der Waals surface area contributed by atoms with E-state index in [1.54, 1.807) is 0 Å². The zero-order valence-electron chi connectivity index (χ0n) is 12.1. The predicted molar refractivity (Wildman–Crippen MR) is 84.6 cm³/mol. The molecule has 1 fully saturated rings. The van der Waals surface area contributed by atoms with Gasteiger partial charge in [-0.3, -0.25) is 4.98 Å². The van der Waals surface area contributed by atoms with Gasteiger partial charge in [0.2, 0.25) is 0 Å². The largest absolute Gasteiger partial charge is 0.487 e. The Hall–Kier alpha value is -1.58. The lowest BCUT2D eigenvalue weighted by molar-refractivity contribution is 0.300. The van der Waals surface area contributed by atoms with E-state index < -0.39 is 0 Å². The van der Waals surface area contributed by atoms with Crippen molar-refractivity contribution in [3.8, 4) is 5.75 Å². The molecule has 110 valence electrons. The fraction of sp³-hybridized carbons (Fsp3) is 0.353. The van der Waals surface area contributed by atoms with Gasteiger partial charge in [-0.2, -0.15) is 0 Å². The number of hydrogen-bond donors (Lipinski definition) is 1. The van der Waals surface area contributed by atoms with E-state index in [1.807, 2.05) is 43.3 Å². The Balaban J connectivity index is 1.66. The van der Waals surface area contributed by atoms with E-state index in [-0.39, 0.29) is 0 Å². The number of halogens is 1. The Morgan fingerprint density at radius 2 is 1.95 bits per heavy atom. The van der Waals surface area contributed by atoms with Crippen molar-refractivity contribution < 1.29 is 4.74 Å². The van der Waals surface area contributed by atoms with Crippen LogP contribution in [0.25, 0.3) is 0 Å². The topological polar surface area (TPSA) is 34.1 Å². The number of nitrogens with zero attached hydrogens (tertiary/aromatic N) is 1. The molecule has 0 radical (unpaired) electrons. The summed E-state index contributed by atoms with van der Waals surface area (Å²) in [6.45, 7) is 3.30. The van der Waals surface area contributed by atoms with Gasteiger partial charge >= 0.3 is 0 Å².